The summed E-state index contributed by atoms with van der Waals surface area (Å²) in [7, 11) is 1.31. The van der Waals surface area contributed by atoms with Crippen molar-refractivity contribution in [3.63, 3.8) is 0 Å². The second-order valence-corrected chi connectivity index (χ2v) is 7.94. The van der Waals surface area contributed by atoms with Crippen molar-refractivity contribution < 1.29 is 19.1 Å². The van der Waals surface area contributed by atoms with Gasteiger partial charge in [0.25, 0.3) is 0 Å². The quantitative estimate of drug-likeness (QED) is 0.196. The Kier molecular flexibility index (Phi) is 8.74. The number of nitrogens with two attached hydrogens (primary N) is 1. The third-order valence-electron chi connectivity index (χ3n) is 5.70. The summed E-state index contributed by atoms with van der Waals surface area (Å²) in [6.07, 6.45) is 1.36. The van der Waals surface area contributed by atoms with Gasteiger partial charge in [-0.2, -0.15) is 0 Å². The van der Waals surface area contributed by atoms with Crippen molar-refractivity contribution in [1.82, 2.24) is 10.6 Å². The molecule has 1 heterocycles. The molecule has 8 nitrogen and oxygen atoms in total. The number of halogens is 1. The molecule has 1 aliphatic rings. The molecule has 5 N–H and O–H groups in total. The predicted molar refractivity (Wildman–Crippen MR) is 125 cm³/mol. The van der Waals surface area contributed by atoms with Gasteiger partial charge in [-0.05, 0) is 49.2 Å². The Morgan fingerprint density at radius 3 is 2.47 bits per heavy atom. The Hall–Kier alpha value is -2.97. The monoisotopic (exact) mass is 460 g/mol. The molecule has 0 bridgehead atoms. The molecule has 0 aromatic heterocycles. The Labute approximate surface area is 193 Å². The number of carbonyl (C=O) groups excluding carboxylic acids is 3. The molecule has 3 atom stereocenters. The van der Waals surface area contributed by atoms with Crippen molar-refractivity contribution in [2.24, 2.45) is 11.7 Å². The first-order valence-corrected chi connectivity index (χ1v) is 10.3. The number of nitrogens with one attached hydrogen (secondary N) is 3. The average Bonchev–Trinajstić information content (AvgIpc) is 3.10. The highest BCUT2D eigenvalue weighted by atomic mass is 35.5. The maximum Gasteiger partial charge on any atom is 0.306 e. The van der Waals surface area contributed by atoms with Crippen molar-refractivity contribution in [1.29, 1.82) is 5.41 Å². The lowest BCUT2D eigenvalue weighted by molar-refractivity contribution is -0.143. The SMILES string of the molecule is COC(=O)C[C@@H]1C[C@@H](CCN[C@@H](C)C(=O)c2ccc3cc(C(=N)N)ccc3c2)NC1=O.Cl. The first kappa shape index (κ1) is 25.3. The minimum atomic E-state index is -0.383. The highest BCUT2D eigenvalue weighted by Gasteiger charge is 2.33. The summed E-state index contributed by atoms with van der Waals surface area (Å²) in [6, 6.07) is 10.5. The molecule has 3 rings (SSSR count). The van der Waals surface area contributed by atoms with E-state index in [1.54, 1.807) is 12.1 Å². The van der Waals surface area contributed by atoms with E-state index < -0.39 is 0 Å². The topological polar surface area (TPSA) is 134 Å². The molecule has 0 spiro atoms. The van der Waals surface area contributed by atoms with E-state index >= 15 is 0 Å². The number of carbonyl (C=O) groups is 3. The number of esters is 1. The van der Waals surface area contributed by atoms with E-state index in [9.17, 15) is 14.4 Å². The van der Waals surface area contributed by atoms with E-state index in [1.165, 1.54) is 7.11 Å². The summed E-state index contributed by atoms with van der Waals surface area (Å²) < 4.78 is 4.64. The number of hydrogen-bond donors (Lipinski definition) is 4. The summed E-state index contributed by atoms with van der Waals surface area (Å²) in [5.74, 6) is -0.862. The summed E-state index contributed by atoms with van der Waals surface area (Å²) in [5, 5.41) is 15.5. The Bertz CT molecular complexity index is 1030. The lowest BCUT2D eigenvalue weighted by atomic mass is 9.99. The van der Waals surface area contributed by atoms with Gasteiger partial charge in [-0.15, -0.1) is 12.4 Å². The van der Waals surface area contributed by atoms with E-state index in [2.05, 4.69) is 15.4 Å². The second-order valence-electron chi connectivity index (χ2n) is 7.94. The highest BCUT2D eigenvalue weighted by molar-refractivity contribution is 6.04. The van der Waals surface area contributed by atoms with Gasteiger partial charge in [0.2, 0.25) is 5.91 Å². The molecule has 172 valence electrons. The summed E-state index contributed by atoms with van der Waals surface area (Å²) >= 11 is 0. The minimum absolute atomic E-state index is 0. The van der Waals surface area contributed by atoms with Crippen LogP contribution in [0.4, 0.5) is 0 Å². The normalized spacial score (nSPS) is 18.5. The smallest absolute Gasteiger partial charge is 0.306 e. The molecule has 0 radical (unpaired) electrons. The van der Waals surface area contributed by atoms with Crippen LogP contribution in [0.15, 0.2) is 36.4 Å². The second kappa shape index (κ2) is 11.1. The molecule has 0 saturated carbocycles. The first-order chi connectivity index (χ1) is 14.8. The van der Waals surface area contributed by atoms with Gasteiger partial charge in [-0.3, -0.25) is 19.8 Å². The Morgan fingerprint density at radius 2 is 1.84 bits per heavy atom. The van der Waals surface area contributed by atoms with Crippen molar-refractivity contribution in [2.45, 2.75) is 38.3 Å². The van der Waals surface area contributed by atoms with Crippen LogP contribution >= 0.6 is 12.4 Å². The van der Waals surface area contributed by atoms with Crippen LogP contribution in [0.5, 0.6) is 0 Å². The van der Waals surface area contributed by atoms with E-state index in [1.807, 2.05) is 31.2 Å². The zero-order valence-electron chi connectivity index (χ0n) is 18.1. The van der Waals surface area contributed by atoms with Crippen LogP contribution in [0.25, 0.3) is 10.8 Å². The van der Waals surface area contributed by atoms with Crippen molar-refractivity contribution >= 4 is 46.7 Å². The first-order valence-electron chi connectivity index (χ1n) is 10.3. The van der Waals surface area contributed by atoms with Crippen LogP contribution in [-0.4, -0.2) is 49.2 Å². The summed E-state index contributed by atoms with van der Waals surface area (Å²) in [5.41, 5.74) is 6.79. The number of ether oxygens (including phenoxy) is 1. The number of nitrogen functional groups attached to an aromatic ring is 1. The minimum Gasteiger partial charge on any atom is -0.469 e. The van der Waals surface area contributed by atoms with Crippen molar-refractivity contribution in [3.05, 3.63) is 47.5 Å². The number of rotatable bonds is 9. The molecule has 1 aliphatic heterocycles. The van der Waals surface area contributed by atoms with E-state index in [0.717, 1.165) is 10.8 Å². The fourth-order valence-corrected chi connectivity index (χ4v) is 3.86. The molecule has 2 aromatic carbocycles. The van der Waals surface area contributed by atoms with Crippen molar-refractivity contribution in [2.75, 3.05) is 13.7 Å². The predicted octanol–water partition coefficient (Wildman–Crippen LogP) is 2.16. The zero-order valence-corrected chi connectivity index (χ0v) is 19.0. The fraction of sp³-hybridized carbons (Fsp3) is 0.391. The van der Waals surface area contributed by atoms with Gasteiger partial charge in [0.15, 0.2) is 5.78 Å². The van der Waals surface area contributed by atoms with Crippen LogP contribution in [0.1, 0.15) is 42.1 Å². The molecule has 0 unspecified atom stereocenters. The zero-order chi connectivity index (χ0) is 22.5. The lowest BCUT2D eigenvalue weighted by Gasteiger charge is -2.16. The third kappa shape index (κ3) is 6.05. The van der Waals surface area contributed by atoms with E-state index in [-0.39, 0.29) is 60.3 Å². The summed E-state index contributed by atoms with van der Waals surface area (Å²) in [6.45, 7) is 2.39. The van der Waals surface area contributed by atoms with Crippen LogP contribution in [0, 0.1) is 11.3 Å². The molecule has 1 fully saturated rings. The van der Waals surface area contributed by atoms with Crippen LogP contribution in [0.2, 0.25) is 0 Å². The van der Waals surface area contributed by atoms with Gasteiger partial charge in [-0.25, -0.2) is 0 Å². The van der Waals surface area contributed by atoms with Crippen LogP contribution < -0.4 is 16.4 Å². The van der Waals surface area contributed by atoms with Gasteiger partial charge < -0.3 is 21.1 Å². The molecule has 1 saturated heterocycles. The van der Waals surface area contributed by atoms with Crippen LogP contribution in [0.3, 0.4) is 0 Å². The van der Waals surface area contributed by atoms with Crippen LogP contribution in [-0.2, 0) is 14.3 Å². The number of benzene rings is 2. The Morgan fingerprint density at radius 1 is 1.22 bits per heavy atom. The van der Waals surface area contributed by atoms with Gasteiger partial charge in [-0.1, -0.05) is 24.3 Å². The van der Waals surface area contributed by atoms with Gasteiger partial charge in [0, 0.05) is 17.2 Å². The largest absolute Gasteiger partial charge is 0.469 e. The molecular formula is C23H29ClN4O4. The molecule has 0 aliphatic carbocycles. The third-order valence-corrected chi connectivity index (χ3v) is 5.70. The standard InChI is InChI=1S/C23H28N4O4.ClH/c1-13(26-8-7-19-11-18(23(30)27-19)12-20(28)31-2)21(29)16-5-3-15-10-17(22(24)25)6-4-14(15)9-16;/h3-6,9-10,13,18-19,26H,7-8,11-12H2,1-2H3,(H3,24,25)(H,27,30);1H/t13-,18-,19+;/m0./s1. The summed E-state index contributed by atoms with van der Waals surface area (Å²) in [4.78, 5) is 36.2. The highest BCUT2D eigenvalue weighted by Crippen LogP contribution is 2.22. The molecule has 32 heavy (non-hydrogen) atoms. The van der Waals surface area contributed by atoms with Crippen molar-refractivity contribution in [3.8, 4) is 0 Å². The van der Waals surface area contributed by atoms with Gasteiger partial charge >= 0.3 is 5.97 Å². The van der Waals surface area contributed by atoms with E-state index in [0.29, 0.717) is 30.5 Å². The molecule has 9 heteroatoms. The van der Waals surface area contributed by atoms with Gasteiger partial charge in [0.1, 0.15) is 5.84 Å². The number of methoxy groups -OCH3 is 1. The Balaban J connectivity index is 0.00000363. The number of ketones is 1. The average molecular weight is 461 g/mol. The number of amides is 1. The number of Topliss-reactive ketones (excluding diaryl/α,β-unsaturated/α-hetero) is 1. The molecule has 2 aromatic rings. The number of hydrogen-bond acceptors (Lipinski definition) is 6. The molecule has 1 amide bonds. The maximum absolute atomic E-state index is 12.8. The van der Waals surface area contributed by atoms with E-state index in [4.69, 9.17) is 11.1 Å². The lowest BCUT2D eigenvalue weighted by Crippen LogP contribution is -2.37. The number of fused-ring (bicyclic) bond motifs is 1. The maximum atomic E-state index is 12.8. The van der Waals surface area contributed by atoms with Gasteiger partial charge in [0.05, 0.1) is 25.5 Å². The molecular weight excluding hydrogens is 432 g/mol. The number of amidine groups is 1. The fourth-order valence-electron chi connectivity index (χ4n) is 3.86.